The van der Waals surface area contributed by atoms with Gasteiger partial charge in [0.15, 0.2) is 5.78 Å². The normalized spacial score (nSPS) is 17.5. The van der Waals surface area contributed by atoms with Gasteiger partial charge < -0.3 is 15.5 Å². The quantitative estimate of drug-likeness (QED) is 0.395. The second kappa shape index (κ2) is 14.1. The Bertz CT molecular complexity index is 1240. The lowest BCUT2D eigenvalue weighted by atomic mass is 9.80. The van der Waals surface area contributed by atoms with Crippen molar-refractivity contribution in [3.05, 3.63) is 70.5 Å². The van der Waals surface area contributed by atoms with Crippen molar-refractivity contribution in [2.24, 2.45) is 11.8 Å². The number of benzene rings is 2. The summed E-state index contributed by atoms with van der Waals surface area (Å²) in [6, 6.07) is 7.39. The molecule has 0 spiro atoms. The Morgan fingerprint density at radius 3 is 2.24 bits per heavy atom. The van der Waals surface area contributed by atoms with E-state index in [9.17, 15) is 23.2 Å². The van der Waals surface area contributed by atoms with E-state index < -0.39 is 29.4 Å². The molecule has 2 fully saturated rings. The molecule has 2 aliphatic rings. The van der Waals surface area contributed by atoms with Crippen molar-refractivity contribution in [3.8, 4) is 0 Å². The average molecular weight is 572 g/mol. The zero-order valence-corrected chi connectivity index (χ0v) is 23.9. The molecule has 2 amide bonds. The maximum Gasteiger partial charge on any atom is 0.254 e. The Balaban J connectivity index is 1.29. The molecule has 4 rings (SSSR count). The molecule has 2 N–H and O–H groups in total. The number of carbonyl (C=O) groups excluding carboxylic acids is 3. The van der Waals surface area contributed by atoms with Crippen LogP contribution in [0.5, 0.6) is 0 Å². The van der Waals surface area contributed by atoms with E-state index in [4.69, 9.17) is 0 Å². The number of nitrogens with one attached hydrogen (secondary N) is 2. The zero-order valence-electron chi connectivity index (χ0n) is 23.9. The van der Waals surface area contributed by atoms with Gasteiger partial charge in [-0.2, -0.15) is 0 Å². The summed E-state index contributed by atoms with van der Waals surface area (Å²) in [5, 5.41) is 5.77. The first-order valence-corrected chi connectivity index (χ1v) is 14.7. The fourth-order valence-corrected chi connectivity index (χ4v) is 5.98. The van der Waals surface area contributed by atoms with Crippen LogP contribution in [-0.4, -0.2) is 48.2 Å². The Hall–Kier alpha value is -3.20. The third-order valence-electron chi connectivity index (χ3n) is 8.45. The van der Waals surface area contributed by atoms with E-state index >= 15 is 4.39 Å². The Morgan fingerprint density at radius 1 is 0.902 bits per heavy atom. The van der Waals surface area contributed by atoms with Gasteiger partial charge in [-0.25, -0.2) is 13.2 Å². The highest BCUT2D eigenvalue weighted by molar-refractivity contribution is 5.98. The summed E-state index contributed by atoms with van der Waals surface area (Å²) >= 11 is 0. The zero-order chi connectivity index (χ0) is 29.5. The molecule has 1 aliphatic heterocycles. The van der Waals surface area contributed by atoms with Crippen molar-refractivity contribution in [2.45, 2.75) is 77.3 Å². The van der Waals surface area contributed by atoms with Gasteiger partial charge in [-0.1, -0.05) is 45.2 Å². The molecule has 1 unspecified atom stereocenters. The number of Topliss-reactive ketones (excluding diaryl/α,β-unsaturated/α-hetero) is 1. The van der Waals surface area contributed by atoms with Gasteiger partial charge >= 0.3 is 0 Å². The maximum atomic E-state index is 15.2. The number of nitrogens with zero attached hydrogens (tertiary/aromatic N) is 1. The van der Waals surface area contributed by atoms with Gasteiger partial charge in [0.25, 0.3) is 5.91 Å². The highest BCUT2D eigenvalue weighted by Gasteiger charge is 2.33. The second-order valence-electron chi connectivity index (χ2n) is 11.6. The lowest BCUT2D eigenvalue weighted by Gasteiger charge is -2.32. The van der Waals surface area contributed by atoms with Crippen molar-refractivity contribution in [1.29, 1.82) is 0 Å². The first-order valence-electron chi connectivity index (χ1n) is 14.7. The highest BCUT2D eigenvalue weighted by atomic mass is 19.1. The third-order valence-corrected chi connectivity index (χ3v) is 8.45. The monoisotopic (exact) mass is 571 g/mol. The first-order chi connectivity index (χ1) is 19.6. The lowest BCUT2D eigenvalue weighted by molar-refractivity contribution is -0.131. The Labute approximate surface area is 240 Å². The molecule has 0 radical (unpaired) electrons. The molecule has 222 valence electrons. The van der Waals surface area contributed by atoms with Crippen LogP contribution in [0.15, 0.2) is 36.4 Å². The topological polar surface area (TPSA) is 78.5 Å². The molecular weight excluding hydrogens is 531 g/mol. The van der Waals surface area contributed by atoms with Crippen molar-refractivity contribution < 1.29 is 27.6 Å². The van der Waals surface area contributed by atoms with Gasteiger partial charge in [-0.3, -0.25) is 14.4 Å². The molecule has 1 aliphatic carbocycles. The fourth-order valence-electron chi connectivity index (χ4n) is 5.98. The number of hydrogen-bond donors (Lipinski definition) is 2. The molecule has 2 aromatic carbocycles. The molecule has 9 heteroatoms. The van der Waals surface area contributed by atoms with Crippen molar-refractivity contribution in [2.75, 3.05) is 19.6 Å². The molecule has 1 saturated carbocycles. The largest absolute Gasteiger partial charge is 0.342 e. The number of ketones is 1. The molecule has 1 atom stereocenters. The van der Waals surface area contributed by atoms with Gasteiger partial charge in [-0.05, 0) is 61.3 Å². The summed E-state index contributed by atoms with van der Waals surface area (Å²) in [5.41, 5.74) is 0.994. The molecule has 41 heavy (non-hydrogen) atoms. The van der Waals surface area contributed by atoms with Crippen LogP contribution >= 0.6 is 0 Å². The smallest absolute Gasteiger partial charge is 0.254 e. The van der Waals surface area contributed by atoms with Crippen LogP contribution in [0.25, 0.3) is 0 Å². The summed E-state index contributed by atoms with van der Waals surface area (Å²) in [6.45, 7) is 4.79. The van der Waals surface area contributed by atoms with Crippen LogP contribution in [0.3, 0.4) is 0 Å². The van der Waals surface area contributed by atoms with Crippen LogP contribution < -0.4 is 10.6 Å². The molecule has 0 aromatic heterocycles. The first kappa shape index (κ1) is 30.8. The third kappa shape index (κ3) is 7.97. The van der Waals surface area contributed by atoms with E-state index in [2.05, 4.69) is 10.6 Å². The van der Waals surface area contributed by atoms with E-state index in [1.54, 1.807) is 11.0 Å². The fraction of sp³-hybridized carbons (Fsp3) is 0.531. The van der Waals surface area contributed by atoms with Crippen molar-refractivity contribution in [1.82, 2.24) is 15.5 Å². The number of halogens is 3. The summed E-state index contributed by atoms with van der Waals surface area (Å²) in [7, 11) is 0. The second-order valence-corrected chi connectivity index (χ2v) is 11.6. The minimum Gasteiger partial charge on any atom is -0.342 e. The van der Waals surface area contributed by atoms with E-state index in [-0.39, 0.29) is 53.7 Å². The van der Waals surface area contributed by atoms with Crippen LogP contribution in [0.4, 0.5) is 13.2 Å². The lowest BCUT2D eigenvalue weighted by Crippen LogP contribution is -2.48. The highest BCUT2D eigenvalue weighted by Crippen LogP contribution is 2.30. The number of likely N-dealkylation sites (tertiary alicyclic amines) is 1. The van der Waals surface area contributed by atoms with E-state index in [0.29, 0.717) is 25.9 Å². The van der Waals surface area contributed by atoms with Crippen LogP contribution in [0.1, 0.15) is 86.2 Å². The van der Waals surface area contributed by atoms with Crippen LogP contribution in [0, 0.1) is 29.3 Å². The van der Waals surface area contributed by atoms with Crippen molar-refractivity contribution in [3.63, 3.8) is 0 Å². The summed E-state index contributed by atoms with van der Waals surface area (Å²) in [6.07, 6.45) is 6.26. The number of carbonyl (C=O) groups is 3. The Kier molecular flexibility index (Phi) is 10.6. The number of amides is 2. The van der Waals surface area contributed by atoms with Gasteiger partial charge in [0.2, 0.25) is 5.91 Å². The standard InChI is InChI=1S/C32H40F3N3O3/c1-20(2)31(40)30(22-6-4-3-5-7-22)37-32(41)26-11-9-23(16-28(26)35)21-12-14-38(15-13-21)29(39)19-36-18-24-8-10-25(33)17-27(24)34/h8-11,16-17,20-22,30,36H,3-7,12-15,18-19H2,1-2H3,(H,37,41). The predicted octanol–water partition coefficient (Wildman–Crippen LogP) is 5.50. The average Bonchev–Trinajstić information content (AvgIpc) is 2.97. The molecule has 6 nitrogen and oxygen atoms in total. The minimum atomic E-state index is -0.658. The van der Waals surface area contributed by atoms with Crippen LogP contribution in [0.2, 0.25) is 0 Å². The SMILES string of the molecule is CC(C)C(=O)C(NC(=O)c1ccc(C2CCN(C(=O)CNCc3ccc(F)cc3F)CC2)cc1F)C1CCCCC1. The molecule has 0 bridgehead atoms. The van der Waals surface area contributed by atoms with Crippen LogP contribution in [-0.2, 0) is 16.1 Å². The molecule has 1 heterocycles. The molecule has 2 aromatic rings. The Morgan fingerprint density at radius 2 is 1.61 bits per heavy atom. The summed E-state index contributed by atoms with van der Waals surface area (Å²) in [4.78, 5) is 40.3. The van der Waals surface area contributed by atoms with Crippen molar-refractivity contribution >= 4 is 17.6 Å². The minimum absolute atomic E-state index is 0.0126. The maximum absolute atomic E-state index is 15.2. The number of hydrogen-bond acceptors (Lipinski definition) is 4. The van der Waals surface area contributed by atoms with E-state index in [1.165, 1.54) is 24.3 Å². The predicted molar refractivity (Wildman–Crippen MR) is 151 cm³/mol. The van der Waals surface area contributed by atoms with Gasteiger partial charge in [0.1, 0.15) is 17.5 Å². The number of piperidine rings is 1. The molecular formula is C32H40F3N3O3. The van der Waals surface area contributed by atoms with E-state index in [1.807, 2.05) is 13.8 Å². The van der Waals surface area contributed by atoms with Gasteiger partial charge in [0.05, 0.1) is 18.2 Å². The van der Waals surface area contributed by atoms with Gasteiger partial charge in [0, 0.05) is 37.2 Å². The van der Waals surface area contributed by atoms with Gasteiger partial charge in [-0.15, -0.1) is 0 Å². The molecule has 1 saturated heterocycles. The summed E-state index contributed by atoms with van der Waals surface area (Å²) < 4.78 is 42.0. The summed E-state index contributed by atoms with van der Waals surface area (Å²) in [5.74, 6) is -2.71. The number of rotatable bonds is 10. The van der Waals surface area contributed by atoms with E-state index in [0.717, 1.165) is 43.7 Å².